The molecule has 0 atom stereocenters. The van der Waals surface area contributed by atoms with Crippen LogP contribution in [0, 0.1) is 13.0 Å². The highest BCUT2D eigenvalue weighted by atomic mass is 16.1. The molecule has 0 aliphatic carbocycles. The van der Waals surface area contributed by atoms with Gasteiger partial charge in [-0.25, -0.2) is 4.98 Å². The number of aryl methyl sites for hydroxylation is 1. The number of nitrogens with zero attached hydrogens (tertiary/aromatic N) is 3. The number of primary amides is 1. The molecule has 0 bridgehead atoms. The Hall–Kier alpha value is -2.14. The second kappa shape index (κ2) is 5.93. The molecule has 1 saturated heterocycles. The van der Waals surface area contributed by atoms with Crippen molar-refractivity contribution in [3.05, 3.63) is 35.4 Å². The number of likely N-dealkylation sites (N-methyl/N-ethyl adjacent to an activating group) is 1. The molecular formula is C17H21N4O. The maximum Gasteiger partial charge on any atom is 0.252 e. The lowest BCUT2D eigenvalue weighted by molar-refractivity contribution is 0.1000. The number of nitrogens with two attached hydrogens (primary N) is 1. The van der Waals surface area contributed by atoms with Gasteiger partial charge >= 0.3 is 0 Å². The molecule has 5 nitrogen and oxygen atoms in total. The minimum absolute atomic E-state index is 0.413. The highest BCUT2D eigenvalue weighted by Crippen LogP contribution is 2.28. The summed E-state index contributed by atoms with van der Waals surface area (Å²) in [6.07, 6.45) is 0. The third-order valence-corrected chi connectivity index (χ3v) is 4.44. The molecule has 1 aromatic heterocycles. The predicted octanol–water partition coefficient (Wildman–Crippen LogP) is 1.58. The molecule has 0 unspecified atom stereocenters. The molecule has 0 spiro atoms. The maximum absolute atomic E-state index is 12.0. The molecule has 22 heavy (non-hydrogen) atoms. The molecule has 3 rings (SSSR count). The van der Waals surface area contributed by atoms with E-state index in [0.29, 0.717) is 5.56 Å². The largest absolute Gasteiger partial charge is 0.365 e. The summed E-state index contributed by atoms with van der Waals surface area (Å²) in [4.78, 5) is 21.3. The fourth-order valence-electron chi connectivity index (χ4n) is 3.09. The fourth-order valence-corrected chi connectivity index (χ4v) is 3.09. The van der Waals surface area contributed by atoms with E-state index in [2.05, 4.69) is 22.8 Å². The van der Waals surface area contributed by atoms with E-state index in [1.54, 1.807) is 0 Å². The summed E-state index contributed by atoms with van der Waals surface area (Å²) in [5, 5.41) is 0.937. The minimum Gasteiger partial charge on any atom is -0.365 e. The zero-order chi connectivity index (χ0) is 15.7. The molecule has 2 heterocycles. The zero-order valence-electron chi connectivity index (χ0n) is 13.1. The van der Waals surface area contributed by atoms with Crippen LogP contribution in [0.4, 0.5) is 5.82 Å². The van der Waals surface area contributed by atoms with Gasteiger partial charge in [-0.15, -0.1) is 0 Å². The Balaban J connectivity index is 2.08. The lowest BCUT2D eigenvalue weighted by Crippen LogP contribution is -2.47. The maximum atomic E-state index is 12.0. The summed E-state index contributed by atoms with van der Waals surface area (Å²) >= 11 is 0. The van der Waals surface area contributed by atoms with Crippen molar-refractivity contribution in [2.75, 3.05) is 37.6 Å². The van der Waals surface area contributed by atoms with Crippen molar-refractivity contribution in [1.82, 2.24) is 9.88 Å². The Bertz CT molecular complexity index is 705. The number of benzene rings is 1. The first-order valence-corrected chi connectivity index (χ1v) is 7.69. The van der Waals surface area contributed by atoms with Gasteiger partial charge < -0.3 is 15.5 Å². The van der Waals surface area contributed by atoms with E-state index in [1.165, 1.54) is 0 Å². The molecule has 2 aromatic rings. The molecule has 1 aliphatic heterocycles. The number of fused-ring (bicyclic) bond motifs is 1. The number of hydrogen-bond acceptors (Lipinski definition) is 4. The van der Waals surface area contributed by atoms with Gasteiger partial charge in [-0.05, 0) is 37.2 Å². The molecule has 115 valence electrons. The van der Waals surface area contributed by atoms with Crippen molar-refractivity contribution < 1.29 is 4.79 Å². The first kappa shape index (κ1) is 14.8. The molecule has 1 fully saturated rings. The van der Waals surface area contributed by atoms with Gasteiger partial charge in [0.1, 0.15) is 5.82 Å². The lowest BCUT2D eigenvalue weighted by Gasteiger charge is -2.35. The number of piperazine rings is 1. The van der Waals surface area contributed by atoms with Gasteiger partial charge in [-0.2, -0.15) is 0 Å². The number of hydrogen-bond donors (Lipinski definition) is 1. The van der Waals surface area contributed by atoms with E-state index in [0.717, 1.165) is 55.0 Å². The smallest absolute Gasteiger partial charge is 0.252 e. The van der Waals surface area contributed by atoms with Crippen LogP contribution in [0.3, 0.4) is 0 Å². The first-order valence-electron chi connectivity index (χ1n) is 7.69. The van der Waals surface area contributed by atoms with Crippen molar-refractivity contribution in [1.29, 1.82) is 0 Å². The van der Waals surface area contributed by atoms with Crippen molar-refractivity contribution in [3.63, 3.8) is 0 Å². The highest BCUT2D eigenvalue weighted by Gasteiger charge is 2.24. The van der Waals surface area contributed by atoms with Crippen molar-refractivity contribution in [2.45, 2.75) is 13.8 Å². The summed E-state index contributed by atoms with van der Waals surface area (Å²) in [5.74, 6) is 0.308. The van der Waals surface area contributed by atoms with Crippen LogP contribution in [0.5, 0.6) is 0 Å². The number of anilines is 1. The van der Waals surface area contributed by atoms with Gasteiger partial charge in [0.15, 0.2) is 0 Å². The van der Waals surface area contributed by atoms with Gasteiger partial charge in [0.2, 0.25) is 0 Å². The molecule has 1 aromatic carbocycles. The minimum atomic E-state index is -0.413. The summed E-state index contributed by atoms with van der Waals surface area (Å²) in [6.45, 7) is 8.85. The fraction of sp³-hybridized carbons (Fsp3) is 0.412. The molecule has 0 saturated carbocycles. The highest BCUT2D eigenvalue weighted by molar-refractivity contribution is 6.04. The summed E-state index contributed by atoms with van der Waals surface area (Å²) < 4.78 is 0. The topological polar surface area (TPSA) is 62.5 Å². The third kappa shape index (κ3) is 2.52. The van der Waals surface area contributed by atoms with E-state index < -0.39 is 5.91 Å². The lowest BCUT2D eigenvalue weighted by atomic mass is 10.0. The average Bonchev–Trinajstić information content (AvgIpc) is 2.54. The van der Waals surface area contributed by atoms with Gasteiger partial charge in [0, 0.05) is 31.6 Å². The van der Waals surface area contributed by atoms with Crippen molar-refractivity contribution >= 4 is 22.6 Å². The van der Waals surface area contributed by atoms with Gasteiger partial charge in [-0.1, -0.05) is 13.0 Å². The monoisotopic (exact) mass is 297 g/mol. The predicted molar refractivity (Wildman–Crippen MR) is 88.2 cm³/mol. The number of rotatable bonds is 3. The molecule has 5 heteroatoms. The van der Waals surface area contributed by atoms with Gasteiger partial charge in [0.05, 0.1) is 11.1 Å². The SMILES string of the molecule is CCN1CCN(c2nc3cc[c]cc3c(C)c2C(N)=O)CC1. The van der Waals surface area contributed by atoms with Crippen molar-refractivity contribution in [2.24, 2.45) is 5.73 Å². The first-order chi connectivity index (χ1) is 10.6. The van der Waals surface area contributed by atoms with Crippen molar-refractivity contribution in [3.8, 4) is 0 Å². The third-order valence-electron chi connectivity index (χ3n) is 4.44. The van der Waals surface area contributed by atoms with Crippen LogP contribution in [0.15, 0.2) is 18.2 Å². The van der Waals surface area contributed by atoms with Crippen LogP contribution >= 0.6 is 0 Å². The van der Waals surface area contributed by atoms with Gasteiger partial charge in [-0.3, -0.25) is 4.79 Å². The molecule has 1 aliphatic rings. The molecular weight excluding hydrogens is 276 g/mol. The second-order valence-corrected chi connectivity index (χ2v) is 5.66. The Morgan fingerprint density at radius 3 is 2.73 bits per heavy atom. The van der Waals surface area contributed by atoms with E-state index >= 15 is 0 Å². The Kier molecular flexibility index (Phi) is 3.98. The van der Waals surface area contributed by atoms with E-state index in [9.17, 15) is 4.79 Å². The standard InChI is InChI=1S/C17H21N4O/c1-3-20-8-10-21(11-9-20)17-15(16(18)22)12(2)13-6-4-5-7-14(13)19-17/h5-7H,3,8-11H2,1-2H3,(H2,18,22). The quantitative estimate of drug-likeness (QED) is 0.934. The van der Waals surface area contributed by atoms with E-state index in [4.69, 9.17) is 10.7 Å². The van der Waals surface area contributed by atoms with Crippen LogP contribution in [-0.2, 0) is 0 Å². The summed E-state index contributed by atoms with van der Waals surface area (Å²) in [7, 11) is 0. The molecule has 2 N–H and O–H groups in total. The average molecular weight is 297 g/mol. The van der Waals surface area contributed by atoms with Crippen LogP contribution in [-0.4, -0.2) is 48.5 Å². The molecule has 1 amide bonds. The van der Waals surface area contributed by atoms with E-state index in [1.807, 2.05) is 25.1 Å². The summed E-state index contributed by atoms with van der Waals surface area (Å²) in [5.41, 5.74) is 7.95. The van der Waals surface area contributed by atoms with Crippen LogP contribution < -0.4 is 10.6 Å². The van der Waals surface area contributed by atoms with E-state index in [-0.39, 0.29) is 0 Å². The Morgan fingerprint density at radius 1 is 1.36 bits per heavy atom. The Morgan fingerprint density at radius 2 is 2.09 bits per heavy atom. The number of carbonyl (C=O) groups is 1. The summed E-state index contributed by atoms with van der Waals surface area (Å²) in [6, 6.07) is 8.68. The number of pyridine rings is 1. The van der Waals surface area contributed by atoms with Crippen LogP contribution in [0.2, 0.25) is 0 Å². The zero-order valence-corrected chi connectivity index (χ0v) is 13.1. The number of aromatic nitrogens is 1. The molecule has 1 radical (unpaired) electrons. The number of amides is 1. The van der Waals surface area contributed by atoms with Crippen LogP contribution in [0.1, 0.15) is 22.8 Å². The van der Waals surface area contributed by atoms with Crippen LogP contribution in [0.25, 0.3) is 10.9 Å². The number of carbonyl (C=O) groups excluding carboxylic acids is 1. The van der Waals surface area contributed by atoms with Gasteiger partial charge in [0.25, 0.3) is 5.91 Å². The Labute approximate surface area is 130 Å². The second-order valence-electron chi connectivity index (χ2n) is 5.66. The normalized spacial score (nSPS) is 16.2.